The number of carbonyl (C=O) groups is 2. The molecule has 0 unspecified atom stereocenters. The summed E-state index contributed by atoms with van der Waals surface area (Å²) in [6.45, 7) is 1.44. The summed E-state index contributed by atoms with van der Waals surface area (Å²) in [4.78, 5) is 35.3. The van der Waals surface area contributed by atoms with Crippen molar-refractivity contribution in [2.24, 2.45) is 0 Å². The molecule has 0 saturated carbocycles. The smallest absolute Gasteiger partial charge is 0.493 e. The van der Waals surface area contributed by atoms with Gasteiger partial charge < -0.3 is 19.3 Å². The van der Waals surface area contributed by atoms with E-state index in [0.717, 1.165) is 4.70 Å². The Kier molecular flexibility index (Phi) is 6.46. The SMILES string of the molecule is CC=COC(=O)OCc1cc2c(=O)c3ccccc3sc2cc1OCCC(=O)O. The predicted molar refractivity (Wildman–Crippen MR) is 109 cm³/mol. The molecule has 0 aliphatic carbocycles. The average Bonchev–Trinajstić information content (AvgIpc) is 2.71. The summed E-state index contributed by atoms with van der Waals surface area (Å²) < 4.78 is 16.9. The highest BCUT2D eigenvalue weighted by Gasteiger charge is 2.14. The minimum atomic E-state index is -0.992. The van der Waals surface area contributed by atoms with Gasteiger partial charge in [0.05, 0.1) is 19.3 Å². The summed E-state index contributed by atoms with van der Waals surface area (Å²) in [6.07, 6.45) is 1.64. The molecule has 0 saturated heterocycles. The van der Waals surface area contributed by atoms with Crippen molar-refractivity contribution in [3.63, 3.8) is 0 Å². The highest BCUT2D eigenvalue weighted by molar-refractivity contribution is 7.24. The lowest BCUT2D eigenvalue weighted by atomic mass is 10.1. The average molecular weight is 414 g/mol. The Labute approximate surface area is 169 Å². The number of ether oxygens (including phenoxy) is 3. The van der Waals surface area contributed by atoms with Crippen molar-refractivity contribution in [2.75, 3.05) is 6.61 Å². The monoisotopic (exact) mass is 414 g/mol. The van der Waals surface area contributed by atoms with Crippen molar-refractivity contribution < 1.29 is 28.9 Å². The molecule has 29 heavy (non-hydrogen) atoms. The Morgan fingerprint density at radius 1 is 1.14 bits per heavy atom. The molecule has 0 spiro atoms. The largest absolute Gasteiger partial charge is 0.513 e. The van der Waals surface area contributed by atoms with Crippen LogP contribution in [0.1, 0.15) is 18.9 Å². The lowest BCUT2D eigenvalue weighted by Crippen LogP contribution is -2.09. The number of carboxylic acid groups (broad SMARTS) is 1. The molecule has 0 atom stereocenters. The maximum absolute atomic E-state index is 12.9. The number of aliphatic carboxylic acids is 1. The summed E-state index contributed by atoms with van der Waals surface area (Å²) in [7, 11) is 0. The summed E-state index contributed by atoms with van der Waals surface area (Å²) in [5, 5.41) is 9.91. The lowest BCUT2D eigenvalue weighted by Gasteiger charge is -2.13. The topological polar surface area (TPSA) is 99.1 Å². The van der Waals surface area contributed by atoms with E-state index in [4.69, 9.17) is 19.3 Å². The summed E-state index contributed by atoms with van der Waals surface area (Å²) in [6, 6.07) is 10.6. The van der Waals surface area contributed by atoms with Gasteiger partial charge in [-0.25, -0.2) is 4.79 Å². The molecular formula is C21H18O7S. The molecule has 3 rings (SSSR count). The Morgan fingerprint density at radius 2 is 1.93 bits per heavy atom. The van der Waals surface area contributed by atoms with E-state index < -0.39 is 12.1 Å². The number of allylic oxidation sites excluding steroid dienone is 1. The van der Waals surface area contributed by atoms with Gasteiger partial charge in [-0.1, -0.05) is 18.2 Å². The maximum Gasteiger partial charge on any atom is 0.513 e. The van der Waals surface area contributed by atoms with E-state index >= 15 is 0 Å². The Bertz CT molecular complexity index is 1150. The Balaban J connectivity index is 2.00. The van der Waals surface area contributed by atoms with Crippen molar-refractivity contribution in [2.45, 2.75) is 20.0 Å². The zero-order chi connectivity index (χ0) is 20.8. The first-order valence-corrected chi connectivity index (χ1v) is 9.59. The summed E-state index contributed by atoms with van der Waals surface area (Å²) >= 11 is 1.43. The van der Waals surface area contributed by atoms with Crippen LogP contribution >= 0.6 is 11.3 Å². The molecule has 7 nitrogen and oxygen atoms in total. The van der Waals surface area contributed by atoms with Crippen LogP contribution in [-0.2, 0) is 20.9 Å². The first-order valence-electron chi connectivity index (χ1n) is 8.77. The molecule has 0 fully saturated rings. The van der Waals surface area contributed by atoms with Gasteiger partial charge >= 0.3 is 12.1 Å². The third-order valence-electron chi connectivity index (χ3n) is 3.98. The molecule has 0 radical (unpaired) electrons. The lowest BCUT2D eigenvalue weighted by molar-refractivity contribution is -0.137. The second-order valence-electron chi connectivity index (χ2n) is 6.00. The first-order chi connectivity index (χ1) is 14.0. The Morgan fingerprint density at radius 3 is 2.69 bits per heavy atom. The summed E-state index contributed by atoms with van der Waals surface area (Å²) in [5.41, 5.74) is 0.309. The van der Waals surface area contributed by atoms with Crippen LogP contribution in [0.25, 0.3) is 20.2 Å². The van der Waals surface area contributed by atoms with Gasteiger partial charge in [-0.3, -0.25) is 9.59 Å². The van der Waals surface area contributed by atoms with Gasteiger partial charge in [0.25, 0.3) is 0 Å². The van der Waals surface area contributed by atoms with E-state index in [1.165, 1.54) is 23.7 Å². The number of rotatable bonds is 7. The van der Waals surface area contributed by atoms with Crippen LogP contribution in [0.5, 0.6) is 5.75 Å². The van der Waals surface area contributed by atoms with Gasteiger partial charge in [0.2, 0.25) is 0 Å². The molecule has 1 heterocycles. The molecule has 0 aliphatic rings. The minimum absolute atomic E-state index is 0.0562. The molecule has 150 valence electrons. The van der Waals surface area contributed by atoms with Crippen molar-refractivity contribution >= 4 is 43.6 Å². The van der Waals surface area contributed by atoms with Gasteiger partial charge in [0, 0.05) is 25.7 Å². The Hall–Kier alpha value is -3.39. The van der Waals surface area contributed by atoms with E-state index in [1.54, 1.807) is 31.2 Å². The van der Waals surface area contributed by atoms with Crippen LogP contribution in [0.4, 0.5) is 4.79 Å². The minimum Gasteiger partial charge on any atom is -0.493 e. The molecule has 0 bridgehead atoms. The molecule has 0 amide bonds. The number of hydrogen-bond acceptors (Lipinski definition) is 7. The van der Waals surface area contributed by atoms with Crippen LogP contribution in [0.15, 0.2) is 53.5 Å². The van der Waals surface area contributed by atoms with Gasteiger partial charge in [0.1, 0.15) is 12.4 Å². The molecule has 1 aromatic heterocycles. The van der Waals surface area contributed by atoms with Crippen LogP contribution in [0.3, 0.4) is 0 Å². The number of hydrogen-bond donors (Lipinski definition) is 1. The van der Waals surface area contributed by atoms with Gasteiger partial charge in [-0.2, -0.15) is 0 Å². The van der Waals surface area contributed by atoms with E-state index in [9.17, 15) is 14.4 Å². The van der Waals surface area contributed by atoms with E-state index in [0.29, 0.717) is 26.8 Å². The fraction of sp³-hybridized carbons (Fsp3) is 0.190. The van der Waals surface area contributed by atoms with Crippen molar-refractivity contribution in [1.82, 2.24) is 0 Å². The predicted octanol–water partition coefficient (Wildman–Crippen LogP) is 4.46. The zero-order valence-corrected chi connectivity index (χ0v) is 16.4. The van der Waals surface area contributed by atoms with Crippen molar-refractivity contribution in [3.8, 4) is 5.75 Å². The normalized spacial score (nSPS) is 11.1. The van der Waals surface area contributed by atoms with Crippen LogP contribution in [0.2, 0.25) is 0 Å². The maximum atomic E-state index is 12.9. The van der Waals surface area contributed by atoms with Crippen molar-refractivity contribution in [1.29, 1.82) is 0 Å². The first kappa shape index (κ1) is 20.3. The third-order valence-corrected chi connectivity index (χ3v) is 5.11. The standard InChI is InChI=1S/C21H18O7S/c1-2-8-27-21(25)28-12-13-10-15-18(11-16(13)26-9-7-19(22)23)29-17-6-4-3-5-14(17)20(15)24/h2-6,8,10-11H,7,9,12H2,1H3,(H,22,23). The van der Waals surface area contributed by atoms with E-state index in [2.05, 4.69) is 0 Å². The molecule has 1 N–H and O–H groups in total. The second kappa shape index (κ2) is 9.20. The van der Waals surface area contributed by atoms with Crippen LogP contribution in [-0.4, -0.2) is 23.8 Å². The molecule has 0 aliphatic heterocycles. The van der Waals surface area contributed by atoms with Crippen molar-refractivity contribution in [3.05, 3.63) is 64.5 Å². The highest BCUT2D eigenvalue weighted by Crippen LogP contribution is 2.31. The number of benzene rings is 2. The number of carboxylic acids is 1. The molecular weight excluding hydrogens is 396 g/mol. The fourth-order valence-electron chi connectivity index (χ4n) is 2.66. The van der Waals surface area contributed by atoms with E-state index in [1.807, 2.05) is 12.1 Å². The highest BCUT2D eigenvalue weighted by atomic mass is 32.1. The molecule has 8 heteroatoms. The van der Waals surface area contributed by atoms with Crippen LogP contribution < -0.4 is 10.2 Å². The third kappa shape index (κ3) is 4.91. The number of fused-ring (bicyclic) bond motifs is 2. The zero-order valence-electron chi connectivity index (χ0n) is 15.5. The van der Waals surface area contributed by atoms with Gasteiger partial charge in [0.15, 0.2) is 5.43 Å². The number of carbonyl (C=O) groups excluding carboxylic acids is 1. The second-order valence-corrected chi connectivity index (χ2v) is 7.09. The van der Waals surface area contributed by atoms with E-state index in [-0.39, 0.29) is 25.1 Å². The summed E-state index contributed by atoms with van der Waals surface area (Å²) in [5.74, 6) is -0.641. The fourth-order valence-corrected chi connectivity index (χ4v) is 3.75. The van der Waals surface area contributed by atoms with Gasteiger partial charge in [-0.15, -0.1) is 11.3 Å². The molecule has 2 aromatic carbocycles. The quantitative estimate of drug-likeness (QED) is 0.346. The van der Waals surface area contributed by atoms with Crippen LogP contribution in [0, 0.1) is 0 Å². The molecule has 3 aromatic rings. The van der Waals surface area contributed by atoms with Gasteiger partial charge in [-0.05, 0) is 31.2 Å².